The van der Waals surface area contributed by atoms with E-state index < -0.39 is 9.84 Å². The Labute approximate surface area is 113 Å². The van der Waals surface area contributed by atoms with Crippen molar-refractivity contribution in [3.63, 3.8) is 0 Å². The number of nitrogens with one attached hydrogen (secondary N) is 1. The van der Waals surface area contributed by atoms with Crippen molar-refractivity contribution in [3.8, 4) is 0 Å². The first-order valence-corrected chi connectivity index (χ1v) is 8.04. The van der Waals surface area contributed by atoms with Gasteiger partial charge in [0, 0.05) is 23.8 Å². The fourth-order valence-electron chi connectivity index (χ4n) is 2.47. The van der Waals surface area contributed by atoms with Crippen LogP contribution >= 0.6 is 0 Å². The number of hydrogen-bond donors (Lipinski definition) is 2. The average molecular weight is 281 g/mol. The highest BCUT2D eigenvalue weighted by molar-refractivity contribution is 7.91. The van der Waals surface area contributed by atoms with Crippen LogP contribution in [0, 0.1) is 12.3 Å². The van der Waals surface area contributed by atoms with Gasteiger partial charge in [-0.15, -0.1) is 0 Å². The molecule has 2 rings (SSSR count). The van der Waals surface area contributed by atoms with Gasteiger partial charge in [0.25, 0.3) is 0 Å². The van der Waals surface area contributed by atoms with Crippen molar-refractivity contribution in [1.29, 1.82) is 5.41 Å². The number of hydrogen-bond acceptors (Lipinski definition) is 4. The molecule has 1 aromatic rings. The number of amidine groups is 1. The molecule has 1 unspecified atom stereocenters. The molecular weight excluding hydrogens is 262 g/mol. The predicted octanol–water partition coefficient (Wildman–Crippen LogP) is 0.902. The molecule has 6 heteroatoms. The Morgan fingerprint density at radius 2 is 2.16 bits per heavy atom. The van der Waals surface area contributed by atoms with Crippen LogP contribution in [-0.2, 0) is 9.84 Å². The molecule has 0 amide bonds. The summed E-state index contributed by atoms with van der Waals surface area (Å²) >= 11 is 0. The Hall–Kier alpha value is -1.56. The Balaban J connectivity index is 2.40. The molecule has 3 N–H and O–H groups in total. The van der Waals surface area contributed by atoms with E-state index in [1.165, 1.54) is 0 Å². The van der Waals surface area contributed by atoms with Gasteiger partial charge in [-0.2, -0.15) is 0 Å². The monoisotopic (exact) mass is 281 g/mol. The summed E-state index contributed by atoms with van der Waals surface area (Å²) in [6, 6.07) is 5.64. The Morgan fingerprint density at radius 1 is 1.47 bits per heavy atom. The first-order chi connectivity index (χ1) is 8.80. The van der Waals surface area contributed by atoms with E-state index in [0.29, 0.717) is 12.1 Å². The van der Waals surface area contributed by atoms with Crippen LogP contribution in [0.25, 0.3) is 0 Å². The summed E-state index contributed by atoms with van der Waals surface area (Å²) in [5.74, 6) is 0.320. The van der Waals surface area contributed by atoms with Gasteiger partial charge in [-0.05, 0) is 26.0 Å². The quantitative estimate of drug-likeness (QED) is 0.623. The summed E-state index contributed by atoms with van der Waals surface area (Å²) < 4.78 is 23.2. The van der Waals surface area contributed by atoms with Crippen LogP contribution in [0.4, 0.5) is 5.69 Å². The van der Waals surface area contributed by atoms with Crippen molar-refractivity contribution in [1.82, 2.24) is 0 Å². The highest BCUT2D eigenvalue weighted by Gasteiger charge is 2.29. The van der Waals surface area contributed by atoms with Gasteiger partial charge in [0.1, 0.15) is 5.84 Å². The van der Waals surface area contributed by atoms with Gasteiger partial charge in [-0.25, -0.2) is 8.42 Å². The number of sulfone groups is 1. The number of aryl methyl sites for hydroxylation is 1. The van der Waals surface area contributed by atoms with E-state index in [1.54, 1.807) is 0 Å². The van der Waals surface area contributed by atoms with E-state index in [2.05, 4.69) is 0 Å². The molecule has 1 saturated heterocycles. The molecule has 0 spiro atoms. The molecule has 1 fully saturated rings. The Bertz CT molecular complexity index is 610. The Morgan fingerprint density at radius 3 is 2.74 bits per heavy atom. The van der Waals surface area contributed by atoms with Gasteiger partial charge in [0.2, 0.25) is 0 Å². The molecule has 104 valence electrons. The second-order valence-electron chi connectivity index (χ2n) is 5.09. The molecular formula is C13H19N3O2S. The van der Waals surface area contributed by atoms with Gasteiger partial charge < -0.3 is 10.6 Å². The molecule has 0 radical (unpaired) electrons. The van der Waals surface area contributed by atoms with Crippen LogP contribution in [0.3, 0.4) is 0 Å². The Kier molecular flexibility index (Phi) is 3.54. The van der Waals surface area contributed by atoms with Crippen LogP contribution < -0.4 is 10.6 Å². The van der Waals surface area contributed by atoms with Crippen molar-refractivity contribution < 1.29 is 8.42 Å². The van der Waals surface area contributed by atoms with Gasteiger partial charge in [0.15, 0.2) is 9.84 Å². The van der Waals surface area contributed by atoms with Crippen LogP contribution in [0.1, 0.15) is 18.1 Å². The zero-order valence-corrected chi connectivity index (χ0v) is 12.0. The zero-order valence-electron chi connectivity index (χ0n) is 11.2. The highest BCUT2D eigenvalue weighted by atomic mass is 32.2. The van der Waals surface area contributed by atoms with Crippen molar-refractivity contribution in [2.24, 2.45) is 5.73 Å². The largest absolute Gasteiger partial charge is 0.384 e. The maximum absolute atomic E-state index is 11.6. The van der Waals surface area contributed by atoms with Crippen molar-refractivity contribution in [2.75, 3.05) is 23.0 Å². The molecule has 0 bridgehead atoms. The molecule has 1 aliphatic rings. The lowest BCUT2D eigenvalue weighted by atomic mass is 10.1. The van der Waals surface area contributed by atoms with E-state index in [9.17, 15) is 8.42 Å². The highest BCUT2D eigenvalue weighted by Crippen LogP contribution is 2.26. The molecule has 5 nitrogen and oxygen atoms in total. The van der Waals surface area contributed by atoms with Gasteiger partial charge >= 0.3 is 0 Å². The molecule has 0 aromatic heterocycles. The number of rotatable bonds is 2. The second kappa shape index (κ2) is 4.85. The normalized spacial score (nSPS) is 22.2. The SMILES string of the molecule is Cc1ccc(N2CCS(=O)(=O)CC2C)c(C(=N)N)c1. The molecule has 1 aliphatic heterocycles. The van der Waals surface area contributed by atoms with Crippen LogP contribution in [0.2, 0.25) is 0 Å². The minimum Gasteiger partial charge on any atom is -0.384 e. The van der Waals surface area contributed by atoms with Gasteiger partial charge in [-0.1, -0.05) is 11.6 Å². The lowest BCUT2D eigenvalue weighted by Crippen LogP contribution is -2.47. The van der Waals surface area contributed by atoms with Crippen LogP contribution in [-0.4, -0.2) is 38.3 Å². The molecule has 19 heavy (non-hydrogen) atoms. The summed E-state index contributed by atoms with van der Waals surface area (Å²) in [6.07, 6.45) is 0. The number of nitrogens with zero attached hydrogens (tertiary/aromatic N) is 1. The first kappa shape index (κ1) is 13.9. The van der Waals surface area contributed by atoms with Crippen molar-refractivity contribution >= 4 is 21.4 Å². The predicted molar refractivity (Wildman–Crippen MR) is 77.7 cm³/mol. The van der Waals surface area contributed by atoms with Crippen molar-refractivity contribution in [3.05, 3.63) is 29.3 Å². The minimum atomic E-state index is -2.94. The van der Waals surface area contributed by atoms with Crippen LogP contribution in [0.15, 0.2) is 18.2 Å². The van der Waals surface area contributed by atoms with E-state index in [-0.39, 0.29) is 23.4 Å². The first-order valence-electron chi connectivity index (χ1n) is 6.22. The van der Waals surface area contributed by atoms with E-state index in [1.807, 2.05) is 36.9 Å². The summed E-state index contributed by atoms with van der Waals surface area (Å²) in [5.41, 5.74) is 8.18. The minimum absolute atomic E-state index is 0.0133. The molecule has 1 heterocycles. The van der Waals surface area contributed by atoms with E-state index >= 15 is 0 Å². The number of nitrogens with two attached hydrogens (primary N) is 1. The third-order valence-corrected chi connectivity index (χ3v) is 5.22. The lowest BCUT2D eigenvalue weighted by molar-refractivity contribution is 0.568. The number of anilines is 1. The smallest absolute Gasteiger partial charge is 0.154 e. The van der Waals surface area contributed by atoms with Gasteiger partial charge in [0.05, 0.1) is 11.5 Å². The lowest BCUT2D eigenvalue weighted by Gasteiger charge is -2.36. The average Bonchev–Trinajstić information content (AvgIpc) is 2.28. The van der Waals surface area contributed by atoms with E-state index in [0.717, 1.165) is 11.3 Å². The second-order valence-corrected chi connectivity index (χ2v) is 7.32. The van der Waals surface area contributed by atoms with Crippen LogP contribution in [0.5, 0.6) is 0 Å². The summed E-state index contributed by atoms with van der Waals surface area (Å²) in [5, 5.41) is 7.67. The third-order valence-electron chi connectivity index (χ3n) is 3.42. The molecule has 1 atom stereocenters. The maximum Gasteiger partial charge on any atom is 0.154 e. The van der Waals surface area contributed by atoms with Gasteiger partial charge in [-0.3, -0.25) is 5.41 Å². The summed E-state index contributed by atoms with van der Waals surface area (Å²) in [6.45, 7) is 4.29. The van der Waals surface area contributed by atoms with Crippen molar-refractivity contribution in [2.45, 2.75) is 19.9 Å². The molecule has 0 aliphatic carbocycles. The summed E-state index contributed by atoms with van der Waals surface area (Å²) in [7, 11) is -2.94. The fraction of sp³-hybridized carbons (Fsp3) is 0.462. The third kappa shape index (κ3) is 2.89. The maximum atomic E-state index is 11.6. The zero-order chi connectivity index (χ0) is 14.2. The fourth-order valence-corrected chi connectivity index (χ4v) is 4.03. The number of nitrogen functional groups attached to an aromatic ring is 1. The summed E-state index contributed by atoms with van der Waals surface area (Å²) in [4.78, 5) is 2.03. The topological polar surface area (TPSA) is 87.2 Å². The molecule has 0 saturated carbocycles. The number of benzene rings is 1. The standard InChI is InChI=1S/C13H19N3O2S/c1-9-3-4-12(11(7-9)13(14)15)16-5-6-19(17,18)8-10(16)2/h3-4,7,10H,5-6,8H2,1-2H3,(H3,14,15). The van der Waals surface area contributed by atoms with E-state index in [4.69, 9.17) is 11.1 Å². The molecule has 1 aromatic carbocycles.